The van der Waals surface area contributed by atoms with Crippen LogP contribution in [0, 0.1) is 6.92 Å². The molecule has 0 radical (unpaired) electrons. The molecule has 0 amide bonds. The van der Waals surface area contributed by atoms with Crippen LogP contribution in [0.1, 0.15) is 5.56 Å². The third-order valence-electron chi connectivity index (χ3n) is 3.25. The van der Waals surface area contributed by atoms with Gasteiger partial charge < -0.3 is 35.0 Å². The second kappa shape index (κ2) is 5.94. The highest BCUT2D eigenvalue weighted by atomic mass is 16.7. The lowest BCUT2D eigenvalue weighted by Gasteiger charge is -2.39. The van der Waals surface area contributed by atoms with Crippen LogP contribution >= 0.6 is 0 Å². The van der Waals surface area contributed by atoms with Crippen molar-refractivity contribution in [1.29, 1.82) is 0 Å². The van der Waals surface area contributed by atoms with Gasteiger partial charge >= 0.3 is 0 Å². The topological polar surface area (TPSA) is 120 Å². The third-order valence-corrected chi connectivity index (χ3v) is 3.25. The lowest BCUT2D eigenvalue weighted by atomic mass is 9.99. The summed E-state index contributed by atoms with van der Waals surface area (Å²) in [5.74, 6) is 0.427. The standard InChI is InChI=1S/C13H18O7/c1-6-4-7(15)2-3-8(6)19-13-12(18)11(17)10(16)9(5-14)20-13/h2-4,9-18H,5H2,1H3. The Morgan fingerprint density at radius 1 is 1.15 bits per heavy atom. The van der Waals surface area contributed by atoms with Gasteiger partial charge in [0.2, 0.25) is 6.29 Å². The van der Waals surface area contributed by atoms with Crippen molar-refractivity contribution in [1.82, 2.24) is 0 Å². The van der Waals surface area contributed by atoms with Crippen LogP contribution in [-0.4, -0.2) is 62.8 Å². The monoisotopic (exact) mass is 286 g/mol. The van der Waals surface area contributed by atoms with E-state index >= 15 is 0 Å². The molecule has 0 saturated carbocycles. The molecule has 112 valence electrons. The first-order valence-electron chi connectivity index (χ1n) is 6.21. The molecule has 0 spiro atoms. The second-order valence-electron chi connectivity index (χ2n) is 4.76. The summed E-state index contributed by atoms with van der Waals surface area (Å²) in [4.78, 5) is 0. The Labute approximate surface area is 115 Å². The number of hydrogen-bond acceptors (Lipinski definition) is 7. The lowest BCUT2D eigenvalue weighted by molar-refractivity contribution is -0.277. The molecule has 20 heavy (non-hydrogen) atoms. The van der Waals surface area contributed by atoms with Gasteiger partial charge in [-0.2, -0.15) is 0 Å². The number of benzene rings is 1. The van der Waals surface area contributed by atoms with Crippen molar-refractivity contribution in [3.05, 3.63) is 23.8 Å². The van der Waals surface area contributed by atoms with Crippen LogP contribution in [0.4, 0.5) is 0 Å². The summed E-state index contributed by atoms with van der Waals surface area (Å²) in [7, 11) is 0. The van der Waals surface area contributed by atoms with Crippen molar-refractivity contribution in [2.24, 2.45) is 0 Å². The van der Waals surface area contributed by atoms with E-state index in [1.165, 1.54) is 18.2 Å². The molecule has 0 aromatic heterocycles. The molecule has 2 rings (SSSR count). The van der Waals surface area contributed by atoms with E-state index in [1.807, 2.05) is 0 Å². The smallest absolute Gasteiger partial charge is 0.229 e. The number of aromatic hydroxyl groups is 1. The summed E-state index contributed by atoms with van der Waals surface area (Å²) in [6.07, 6.45) is -6.61. The molecule has 1 aliphatic heterocycles. The van der Waals surface area contributed by atoms with E-state index in [0.717, 1.165) is 0 Å². The van der Waals surface area contributed by atoms with Crippen LogP contribution in [-0.2, 0) is 4.74 Å². The Bertz CT molecular complexity index is 462. The Morgan fingerprint density at radius 2 is 1.85 bits per heavy atom. The number of ether oxygens (including phenoxy) is 2. The Hall–Kier alpha value is -1.38. The largest absolute Gasteiger partial charge is 0.508 e. The molecule has 5 unspecified atom stereocenters. The van der Waals surface area contributed by atoms with Gasteiger partial charge in [0.25, 0.3) is 0 Å². The minimum Gasteiger partial charge on any atom is -0.508 e. The molecule has 0 bridgehead atoms. The average Bonchev–Trinajstić information content (AvgIpc) is 2.42. The molecule has 1 fully saturated rings. The Kier molecular flexibility index (Phi) is 4.46. The molecule has 1 aromatic rings. The summed E-state index contributed by atoms with van der Waals surface area (Å²) in [6.45, 7) is 1.18. The fraction of sp³-hybridized carbons (Fsp3) is 0.538. The van der Waals surface area contributed by atoms with E-state index < -0.39 is 37.3 Å². The van der Waals surface area contributed by atoms with Crippen LogP contribution in [0.3, 0.4) is 0 Å². The zero-order valence-electron chi connectivity index (χ0n) is 10.9. The van der Waals surface area contributed by atoms with E-state index in [9.17, 15) is 20.4 Å². The quantitative estimate of drug-likeness (QED) is 0.477. The maximum atomic E-state index is 9.84. The molecular weight excluding hydrogens is 268 g/mol. The molecule has 1 saturated heterocycles. The highest BCUT2D eigenvalue weighted by Crippen LogP contribution is 2.28. The fourth-order valence-corrected chi connectivity index (χ4v) is 2.06. The van der Waals surface area contributed by atoms with Crippen LogP contribution in [0.25, 0.3) is 0 Å². The van der Waals surface area contributed by atoms with Gasteiger partial charge in [0.15, 0.2) is 0 Å². The van der Waals surface area contributed by atoms with Crippen molar-refractivity contribution in [3.8, 4) is 11.5 Å². The second-order valence-corrected chi connectivity index (χ2v) is 4.76. The van der Waals surface area contributed by atoms with Gasteiger partial charge in [0, 0.05) is 0 Å². The summed E-state index contributed by atoms with van der Waals surface area (Å²) in [5.41, 5.74) is 0.613. The van der Waals surface area contributed by atoms with Crippen LogP contribution < -0.4 is 4.74 Å². The number of phenolic OH excluding ortho intramolecular Hbond substituents is 1. The fourth-order valence-electron chi connectivity index (χ4n) is 2.06. The molecule has 7 heteroatoms. The van der Waals surface area contributed by atoms with Gasteiger partial charge in [0.05, 0.1) is 6.61 Å². The van der Waals surface area contributed by atoms with Gasteiger partial charge in [-0.05, 0) is 30.7 Å². The normalized spacial score (nSPS) is 34.0. The maximum absolute atomic E-state index is 9.84. The number of rotatable bonds is 3. The highest BCUT2D eigenvalue weighted by molar-refractivity contribution is 5.38. The van der Waals surface area contributed by atoms with Crippen molar-refractivity contribution in [2.75, 3.05) is 6.61 Å². The molecule has 7 nitrogen and oxygen atoms in total. The summed E-state index contributed by atoms with van der Waals surface area (Å²) < 4.78 is 10.7. The zero-order valence-corrected chi connectivity index (χ0v) is 10.9. The lowest BCUT2D eigenvalue weighted by Crippen LogP contribution is -2.60. The first-order valence-corrected chi connectivity index (χ1v) is 6.21. The maximum Gasteiger partial charge on any atom is 0.229 e. The SMILES string of the molecule is Cc1cc(O)ccc1OC1OC(CO)C(O)C(O)C1O. The van der Waals surface area contributed by atoms with Gasteiger partial charge in [-0.15, -0.1) is 0 Å². The summed E-state index contributed by atoms with van der Waals surface area (Å²) in [5, 5.41) is 47.5. The number of aliphatic hydroxyl groups is 4. The summed E-state index contributed by atoms with van der Waals surface area (Å²) in [6, 6.07) is 4.37. The predicted octanol–water partition coefficient (Wildman–Crippen LogP) is -1.12. The third kappa shape index (κ3) is 2.87. The minimum atomic E-state index is -1.48. The molecule has 5 N–H and O–H groups in total. The van der Waals surface area contributed by atoms with Crippen LogP contribution in [0.5, 0.6) is 11.5 Å². The highest BCUT2D eigenvalue weighted by Gasteiger charge is 2.44. The Balaban J connectivity index is 2.15. The first kappa shape index (κ1) is 15.0. The number of aliphatic hydroxyl groups excluding tert-OH is 4. The van der Waals surface area contributed by atoms with Crippen molar-refractivity contribution < 1.29 is 35.0 Å². The number of phenols is 1. The van der Waals surface area contributed by atoms with Crippen molar-refractivity contribution >= 4 is 0 Å². The Morgan fingerprint density at radius 3 is 2.45 bits per heavy atom. The van der Waals surface area contributed by atoms with Crippen molar-refractivity contribution in [3.63, 3.8) is 0 Å². The van der Waals surface area contributed by atoms with Gasteiger partial charge in [-0.3, -0.25) is 0 Å². The molecule has 1 aliphatic rings. The van der Waals surface area contributed by atoms with Gasteiger partial charge in [-0.25, -0.2) is 0 Å². The van der Waals surface area contributed by atoms with E-state index in [4.69, 9.17) is 14.6 Å². The minimum absolute atomic E-state index is 0.0728. The predicted molar refractivity (Wildman–Crippen MR) is 67.2 cm³/mol. The van der Waals surface area contributed by atoms with Crippen molar-refractivity contribution in [2.45, 2.75) is 37.6 Å². The van der Waals surface area contributed by atoms with E-state index in [0.29, 0.717) is 11.3 Å². The van der Waals surface area contributed by atoms with Crippen LogP contribution in [0.2, 0.25) is 0 Å². The molecule has 5 atom stereocenters. The number of aryl methyl sites for hydroxylation is 1. The van der Waals surface area contributed by atoms with Gasteiger partial charge in [-0.1, -0.05) is 0 Å². The molecule has 1 heterocycles. The van der Waals surface area contributed by atoms with Gasteiger partial charge in [0.1, 0.15) is 35.9 Å². The molecular formula is C13H18O7. The van der Waals surface area contributed by atoms with E-state index in [1.54, 1.807) is 6.92 Å². The zero-order chi connectivity index (χ0) is 14.9. The average molecular weight is 286 g/mol. The van der Waals surface area contributed by atoms with E-state index in [-0.39, 0.29) is 5.75 Å². The molecule has 0 aliphatic carbocycles. The van der Waals surface area contributed by atoms with Crippen LogP contribution in [0.15, 0.2) is 18.2 Å². The summed E-state index contributed by atoms with van der Waals surface area (Å²) >= 11 is 0. The van der Waals surface area contributed by atoms with E-state index in [2.05, 4.69) is 0 Å². The number of hydrogen-bond donors (Lipinski definition) is 5. The first-order chi connectivity index (χ1) is 9.43. The molecule has 1 aromatic carbocycles.